The molecule has 3 heteroatoms. The molecule has 0 aliphatic carbocycles. The van der Waals surface area contributed by atoms with E-state index in [1.54, 1.807) is 0 Å². The topological polar surface area (TPSA) is 18.5 Å². The molecular weight excluding hydrogens is 499 g/mol. The Bertz CT molecular complexity index is 1860. The molecule has 1 fully saturated rings. The number of hydrogen-bond acceptors (Lipinski definition) is 2. The van der Waals surface area contributed by atoms with Crippen molar-refractivity contribution >= 4 is 44.9 Å². The summed E-state index contributed by atoms with van der Waals surface area (Å²) in [5.41, 5.74) is 6.76. The highest BCUT2D eigenvalue weighted by atomic mass is 16.7. The minimum Gasteiger partial charge on any atom is -0.399 e. The maximum absolute atomic E-state index is 6.33. The van der Waals surface area contributed by atoms with Crippen molar-refractivity contribution in [3.63, 3.8) is 0 Å². The van der Waals surface area contributed by atoms with Crippen LogP contribution in [0.3, 0.4) is 0 Å². The van der Waals surface area contributed by atoms with Crippen LogP contribution in [0.15, 0.2) is 109 Å². The smallest absolute Gasteiger partial charge is 0.399 e. The lowest BCUT2D eigenvalue weighted by Crippen LogP contribution is -2.41. The molecule has 0 saturated carbocycles. The van der Waals surface area contributed by atoms with Gasteiger partial charge in [-0.05, 0) is 106 Å². The molecule has 1 aliphatic rings. The molecule has 0 unspecified atom stereocenters. The van der Waals surface area contributed by atoms with Crippen molar-refractivity contribution in [1.82, 2.24) is 0 Å². The Morgan fingerprint density at radius 3 is 1.54 bits per heavy atom. The summed E-state index contributed by atoms with van der Waals surface area (Å²) in [7, 11) is -0.365. The Kier molecular flexibility index (Phi) is 6.08. The van der Waals surface area contributed by atoms with Crippen molar-refractivity contribution in [3.05, 3.63) is 115 Å². The number of hydrogen-bond donors (Lipinski definition) is 0. The van der Waals surface area contributed by atoms with Gasteiger partial charge < -0.3 is 9.31 Å². The van der Waals surface area contributed by atoms with Crippen molar-refractivity contribution in [2.45, 2.75) is 52.2 Å². The lowest BCUT2D eigenvalue weighted by molar-refractivity contribution is 0.00578. The summed E-state index contributed by atoms with van der Waals surface area (Å²) >= 11 is 0. The quantitative estimate of drug-likeness (QED) is 0.166. The van der Waals surface area contributed by atoms with Crippen molar-refractivity contribution in [3.8, 4) is 22.3 Å². The summed E-state index contributed by atoms with van der Waals surface area (Å²) in [5, 5.41) is 7.49. The largest absolute Gasteiger partial charge is 0.494 e. The van der Waals surface area contributed by atoms with Crippen LogP contribution in [0.4, 0.5) is 0 Å². The summed E-state index contributed by atoms with van der Waals surface area (Å²) < 4.78 is 12.7. The van der Waals surface area contributed by atoms with Crippen LogP contribution in [-0.2, 0) is 15.7 Å². The average molecular weight is 535 g/mol. The zero-order valence-electron chi connectivity index (χ0n) is 24.5. The highest BCUT2D eigenvalue weighted by Gasteiger charge is 2.51. The minimum absolute atomic E-state index is 0.358. The van der Waals surface area contributed by atoms with Crippen molar-refractivity contribution in [1.29, 1.82) is 0 Å². The molecule has 0 N–H and O–H groups in total. The second-order valence-corrected chi connectivity index (χ2v) is 12.3. The van der Waals surface area contributed by atoms with Crippen molar-refractivity contribution < 1.29 is 9.31 Å². The highest BCUT2D eigenvalue weighted by Crippen LogP contribution is 2.44. The summed E-state index contributed by atoms with van der Waals surface area (Å²) in [4.78, 5) is 0. The van der Waals surface area contributed by atoms with Gasteiger partial charge in [-0.25, -0.2) is 0 Å². The molecule has 6 aromatic rings. The molecule has 202 valence electrons. The molecule has 0 amide bonds. The van der Waals surface area contributed by atoms with E-state index in [-0.39, 0.29) is 18.3 Å². The summed E-state index contributed by atoms with van der Waals surface area (Å²) in [6, 6.07) is 40.2. The van der Waals surface area contributed by atoms with E-state index in [1.807, 2.05) is 0 Å². The molecule has 0 radical (unpaired) electrons. The predicted octanol–water partition coefficient (Wildman–Crippen LogP) is 9.34. The molecule has 2 nitrogen and oxygen atoms in total. The Hall–Kier alpha value is -3.92. The molecule has 41 heavy (non-hydrogen) atoms. The molecule has 0 bridgehead atoms. The van der Waals surface area contributed by atoms with Gasteiger partial charge in [-0.1, -0.05) is 110 Å². The van der Waals surface area contributed by atoms with Crippen LogP contribution >= 0.6 is 0 Å². The molecule has 1 heterocycles. The van der Waals surface area contributed by atoms with Crippen LogP contribution in [0.5, 0.6) is 0 Å². The van der Waals surface area contributed by atoms with E-state index >= 15 is 0 Å². The standard InChI is InChI=1S/C38H35BO2/c1-6-25-15-17-26(18-16-25)35-31-11-7-9-13-33(31)36(34-14-10-8-12-32(34)35)29-20-19-28-24-30(22-21-27(28)23-29)39-40-37(2,3)38(4,5)41-39/h7-24H,6H2,1-5H3. The monoisotopic (exact) mass is 534 g/mol. The Labute approximate surface area is 243 Å². The number of rotatable bonds is 4. The normalized spacial score (nSPS) is 16.2. The first-order valence-electron chi connectivity index (χ1n) is 14.7. The average Bonchev–Trinajstić information content (AvgIpc) is 3.21. The van der Waals surface area contributed by atoms with Gasteiger partial charge in [0.15, 0.2) is 0 Å². The van der Waals surface area contributed by atoms with Gasteiger partial charge in [0.25, 0.3) is 0 Å². The van der Waals surface area contributed by atoms with Gasteiger partial charge in [-0.3, -0.25) is 0 Å². The van der Waals surface area contributed by atoms with Gasteiger partial charge in [-0.15, -0.1) is 0 Å². The van der Waals surface area contributed by atoms with Crippen LogP contribution in [0.25, 0.3) is 54.6 Å². The third-order valence-corrected chi connectivity index (χ3v) is 9.26. The van der Waals surface area contributed by atoms with E-state index in [1.165, 1.54) is 60.1 Å². The van der Waals surface area contributed by atoms with Gasteiger partial charge in [0, 0.05) is 0 Å². The molecule has 1 aliphatic heterocycles. The SMILES string of the molecule is CCc1ccc(-c2c3ccccc3c(-c3ccc4cc(B5OC(C)(C)C(C)(C)O5)ccc4c3)c3ccccc23)cc1. The van der Waals surface area contributed by atoms with E-state index < -0.39 is 0 Å². The van der Waals surface area contributed by atoms with E-state index in [9.17, 15) is 0 Å². The molecule has 6 aromatic carbocycles. The first-order chi connectivity index (χ1) is 19.8. The third-order valence-electron chi connectivity index (χ3n) is 9.26. The van der Waals surface area contributed by atoms with Gasteiger partial charge in [-0.2, -0.15) is 0 Å². The highest BCUT2D eigenvalue weighted by molar-refractivity contribution is 6.62. The van der Waals surface area contributed by atoms with Gasteiger partial charge in [0.2, 0.25) is 0 Å². The van der Waals surface area contributed by atoms with E-state index in [2.05, 4.69) is 144 Å². The maximum Gasteiger partial charge on any atom is 0.494 e. The summed E-state index contributed by atoms with van der Waals surface area (Å²) in [5.74, 6) is 0. The van der Waals surface area contributed by atoms with Crippen molar-refractivity contribution in [2.75, 3.05) is 0 Å². The molecule has 0 spiro atoms. The zero-order chi connectivity index (χ0) is 28.4. The Balaban J connectivity index is 1.39. The Morgan fingerprint density at radius 1 is 0.537 bits per heavy atom. The number of fused-ring (bicyclic) bond motifs is 3. The predicted molar refractivity (Wildman–Crippen MR) is 175 cm³/mol. The van der Waals surface area contributed by atoms with Gasteiger partial charge >= 0.3 is 7.12 Å². The first-order valence-corrected chi connectivity index (χ1v) is 14.7. The second-order valence-electron chi connectivity index (χ2n) is 12.3. The van der Waals surface area contributed by atoms with E-state index in [0.29, 0.717) is 0 Å². The zero-order valence-corrected chi connectivity index (χ0v) is 24.5. The summed E-state index contributed by atoms with van der Waals surface area (Å²) in [6.45, 7) is 10.6. The fraction of sp³-hybridized carbons (Fsp3) is 0.211. The first kappa shape index (κ1) is 26.0. The van der Waals surface area contributed by atoms with E-state index in [0.717, 1.165) is 11.9 Å². The van der Waals surface area contributed by atoms with E-state index in [4.69, 9.17) is 9.31 Å². The maximum atomic E-state index is 6.33. The van der Waals surface area contributed by atoms with Crippen LogP contribution in [-0.4, -0.2) is 18.3 Å². The lowest BCUT2D eigenvalue weighted by atomic mass is 9.78. The molecule has 0 atom stereocenters. The lowest BCUT2D eigenvalue weighted by Gasteiger charge is -2.32. The fourth-order valence-electron chi connectivity index (χ4n) is 6.20. The van der Waals surface area contributed by atoms with Crippen LogP contribution in [0.1, 0.15) is 40.2 Å². The van der Waals surface area contributed by atoms with Crippen LogP contribution < -0.4 is 5.46 Å². The minimum atomic E-state index is -0.365. The summed E-state index contributed by atoms with van der Waals surface area (Å²) in [6.07, 6.45) is 1.04. The molecule has 0 aromatic heterocycles. The van der Waals surface area contributed by atoms with Gasteiger partial charge in [0.1, 0.15) is 0 Å². The van der Waals surface area contributed by atoms with Crippen LogP contribution in [0, 0.1) is 0 Å². The second kappa shape index (κ2) is 9.58. The number of benzene rings is 6. The molecule has 7 rings (SSSR count). The molecular formula is C38H35BO2. The Morgan fingerprint density at radius 2 is 1.00 bits per heavy atom. The molecule has 1 saturated heterocycles. The fourth-order valence-corrected chi connectivity index (χ4v) is 6.20. The number of aryl methyl sites for hydroxylation is 1. The van der Waals surface area contributed by atoms with Crippen LogP contribution in [0.2, 0.25) is 0 Å². The van der Waals surface area contributed by atoms with Crippen molar-refractivity contribution in [2.24, 2.45) is 0 Å². The third kappa shape index (κ3) is 4.27. The van der Waals surface area contributed by atoms with Gasteiger partial charge in [0.05, 0.1) is 11.2 Å².